The van der Waals surface area contributed by atoms with E-state index in [-0.39, 0.29) is 23.2 Å². The molecule has 2 saturated carbocycles. The Morgan fingerprint density at radius 2 is 1.68 bits per heavy atom. The fraction of sp³-hybridized carbons (Fsp3) is 0.613. The van der Waals surface area contributed by atoms with Crippen molar-refractivity contribution < 1.29 is 4.74 Å². The summed E-state index contributed by atoms with van der Waals surface area (Å²) in [5.74, 6) is 2.51. The molecule has 9 nitrogen and oxygen atoms in total. The van der Waals surface area contributed by atoms with Crippen LogP contribution in [0.25, 0.3) is 16.9 Å². The number of H-pyrrole nitrogens is 1. The van der Waals surface area contributed by atoms with E-state index in [4.69, 9.17) is 4.74 Å². The maximum atomic E-state index is 14.2. The van der Waals surface area contributed by atoms with Crippen molar-refractivity contribution in [1.29, 1.82) is 0 Å². The lowest BCUT2D eigenvalue weighted by Gasteiger charge is -2.56. The predicted octanol–water partition coefficient (Wildman–Crippen LogP) is 4.02. The third kappa shape index (κ3) is 4.24. The molecule has 4 bridgehead atoms. The Morgan fingerprint density at radius 3 is 2.45 bits per heavy atom. The molecule has 0 amide bonds. The van der Waals surface area contributed by atoms with E-state index in [0.717, 1.165) is 40.7 Å². The van der Waals surface area contributed by atoms with Crippen LogP contribution in [-0.4, -0.2) is 49.2 Å². The highest BCUT2D eigenvalue weighted by molar-refractivity contribution is 5.75. The average Bonchev–Trinajstić information content (AvgIpc) is 2.94. The van der Waals surface area contributed by atoms with Crippen LogP contribution in [0.15, 0.2) is 44.8 Å². The largest absolute Gasteiger partial charge is 0.490 e. The summed E-state index contributed by atoms with van der Waals surface area (Å²) >= 11 is 0. The summed E-state index contributed by atoms with van der Waals surface area (Å²) in [6.45, 7) is 2.46. The minimum Gasteiger partial charge on any atom is -0.490 e. The van der Waals surface area contributed by atoms with Crippen molar-refractivity contribution in [3.8, 4) is 11.6 Å². The molecule has 4 fully saturated rings. The van der Waals surface area contributed by atoms with Gasteiger partial charge in [-0.05, 0) is 74.8 Å². The predicted molar refractivity (Wildman–Crippen MR) is 153 cm³/mol. The number of nitrogens with one attached hydrogen (secondary N) is 1. The minimum atomic E-state index is -0.707. The highest BCUT2D eigenvalue weighted by Crippen LogP contribution is 2.49. The van der Waals surface area contributed by atoms with Crippen LogP contribution < -0.4 is 21.5 Å². The first kappa shape index (κ1) is 25.7. The fourth-order valence-corrected chi connectivity index (χ4v) is 8.74. The van der Waals surface area contributed by atoms with Crippen molar-refractivity contribution in [3.05, 3.63) is 61.7 Å². The maximum absolute atomic E-state index is 14.2. The number of hydrogen-bond donors (Lipinski definition) is 1. The van der Waals surface area contributed by atoms with Crippen LogP contribution >= 0.6 is 0 Å². The topological polar surface area (TPSA) is 102 Å². The number of aromatic nitrogens is 4. The lowest BCUT2D eigenvalue weighted by molar-refractivity contribution is -0.0551. The van der Waals surface area contributed by atoms with E-state index in [2.05, 4.69) is 21.8 Å². The second kappa shape index (κ2) is 10.0. The number of hydrogen-bond acceptors (Lipinski definition) is 6. The van der Waals surface area contributed by atoms with Crippen LogP contribution in [0.3, 0.4) is 0 Å². The third-order valence-electron chi connectivity index (χ3n) is 10.6. The summed E-state index contributed by atoms with van der Waals surface area (Å²) in [4.78, 5) is 48.9. The molecule has 1 N–H and O–H groups in total. The van der Waals surface area contributed by atoms with E-state index < -0.39 is 11.2 Å². The van der Waals surface area contributed by atoms with Gasteiger partial charge in [0, 0.05) is 24.2 Å². The van der Waals surface area contributed by atoms with Crippen molar-refractivity contribution in [1.82, 2.24) is 24.0 Å². The van der Waals surface area contributed by atoms with Gasteiger partial charge in [-0.15, -0.1) is 0 Å². The minimum absolute atomic E-state index is 0.0140. The number of rotatable bonds is 4. The van der Waals surface area contributed by atoms with E-state index in [1.165, 1.54) is 64.7 Å². The molecule has 0 spiro atoms. The lowest BCUT2D eigenvalue weighted by Crippen LogP contribution is -2.59. The molecule has 4 aliphatic rings. The van der Waals surface area contributed by atoms with Gasteiger partial charge in [-0.3, -0.25) is 19.5 Å². The maximum Gasteiger partial charge on any atom is 0.334 e. The zero-order valence-electron chi connectivity index (χ0n) is 23.4. The third-order valence-corrected chi connectivity index (χ3v) is 10.6. The van der Waals surface area contributed by atoms with E-state index in [9.17, 15) is 14.4 Å². The molecule has 2 saturated heterocycles. The summed E-state index contributed by atoms with van der Waals surface area (Å²) in [6.07, 6.45) is 13.6. The zero-order valence-corrected chi connectivity index (χ0v) is 23.4. The van der Waals surface area contributed by atoms with Crippen LogP contribution in [-0.2, 0) is 0 Å². The van der Waals surface area contributed by atoms with Crippen molar-refractivity contribution in [2.24, 2.45) is 17.8 Å². The SMILES string of the molecule is COc1cn(-c2nc3ccccc3n(C3CC4CCCC(C3)N4C3CC4CCC(C)C(C4)C3)c2=O)c(=O)[nH]c1=O. The monoisotopic (exact) mass is 545 g/mol. The number of benzene rings is 1. The first-order chi connectivity index (χ1) is 19.4. The van der Waals surface area contributed by atoms with E-state index in [1.54, 1.807) is 0 Å². The van der Waals surface area contributed by atoms with Gasteiger partial charge in [-0.25, -0.2) is 14.3 Å². The van der Waals surface area contributed by atoms with Gasteiger partial charge in [0.05, 0.1) is 24.3 Å². The standard InChI is InChI=1S/C31H39N5O4/c1-18-10-11-19-12-20(18)14-23(13-19)35-21-6-5-7-22(35)16-24(15-21)36-26-9-4-3-8-25(26)32-28(30(36)38)34-17-27(40-2)29(37)33-31(34)39/h3-4,8-9,17-24H,5-7,10-16H2,1-2H3,(H,33,37,39). The van der Waals surface area contributed by atoms with Crippen LogP contribution in [0, 0.1) is 17.8 Å². The molecule has 2 aliphatic carbocycles. The van der Waals surface area contributed by atoms with Crippen LogP contribution in [0.5, 0.6) is 5.75 Å². The molecule has 212 valence electrons. The first-order valence-corrected chi connectivity index (χ1v) is 15.1. The summed E-state index contributed by atoms with van der Waals surface area (Å²) < 4.78 is 8.15. The van der Waals surface area contributed by atoms with Gasteiger partial charge in [-0.2, -0.15) is 0 Å². The molecule has 2 aromatic heterocycles. The van der Waals surface area contributed by atoms with E-state index in [0.29, 0.717) is 23.6 Å². The molecule has 9 heteroatoms. The van der Waals surface area contributed by atoms with E-state index >= 15 is 0 Å². The second-order valence-corrected chi connectivity index (χ2v) is 12.8. The summed E-state index contributed by atoms with van der Waals surface area (Å²) in [6, 6.07) is 9.28. The molecule has 2 aliphatic heterocycles. The molecule has 1 aromatic carbocycles. The average molecular weight is 546 g/mol. The van der Waals surface area contributed by atoms with Gasteiger partial charge < -0.3 is 9.30 Å². The van der Waals surface area contributed by atoms with Gasteiger partial charge in [0.1, 0.15) is 0 Å². The number of aromatic amines is 1. The van der Waals surface area contributed by atoms with Gasteiger partial charge in [0.25, 0.3) is 11.1 Å². The Bertz CT molecular complexity index is 1590. The first-order valence-electron chi connectivity index (χ1n) is 15.1. The smallest absolute Gasteiger partial charge is 0.334 e. The van der Waals surface area contributed by atoms with Gasteiger partial charge >= 0.3 is 5.69 Å². The van der Waals surface area contributed by atoms with Crippen molar-refractivity contribution in [3.63, 3.8) is 0 Å². The zero-order chi connectivity index (χ0) is 27.5. The van der Waals surface area contributed by atoms with Crippen molar-refractivity contribution >= 4 is 11.0 Å². The van der Waals surface area contributed by atoms with Gasteiger partial charge in [-0.1, -0.05) is 38.3 Å². The molecule has 3 aromatic rings. The van der Waals surface area contributed by atoms with Crippen molar-refractivity contribution in [2.45, 2.75) is 95.3 Å². The van der Waals surface area contributed by atoms with E-state index in [1.807, 2.05) is 28.8 Å². The molecular formula is C31H39N5O4. The fourth-order valence-electron chi connectivity index (χ4n) is 8.74. The molecule has 0 radical (unpaired) electrons. The number of piperidine rings is 2. The Labute approximate surface area is 233 Å². The normalized spacial score (nSPS) is 32.2. The Morgan fingerprint density at radius 1 is 0.900 bits per heavy atom. The molecule has 40 heavy (non-hydrogen) atoms. The number of fused-ring (bicyclic) bond motifs is 5. The van der Waals surface area contributed by atoms with Gasteiger partial charge in [0.2, 0.25) is 11.6 Å². The summed E-state index contributed by atoms with van der Waals surface area (Å²) in [5.41, 5.74) is -0.214. The molecule has 6 atom stereocenters. The Hall–Kier alpha value is -3.20. The second-order valence-electron chi connectivity index (χ2n) is 12.8. The van der Waals surface area contributed by atoms with Crippen LogP contribution in [0.2, 0.25) is 0 Å². The Balaban J connectivity index is 1.28. The highest BCUT2D eigenvalue weighted by atomic mass is 16.5. The highest BCUT2D eigenvalue weighted by Gasteiger charge is 2.46. The lowest BCUT2D eigenvalue weighted by atomic mass is 9.64. The Kier molecular flexibility index (Phi) is 6.45. The molecule has 4 heterocycles. The number of para-hydroxylation sites is 2. The molecule has 6 unspecified atom stereocenters. The quantitative estimate of drug-likeness (QED) is 0.532. The summed E-state index contributed by atoms with van der Waals surface area (Å²) in [7, 11) is 1.36. The van der Waals surface area contributed by atoms with Gasteiger partial charge in [0.15, 0.2) is 0 Å². The molecule has 7 rings (SSSR count). The number of methoxy groups -OCH3 is 1. The van der Waals surface area contributed by atoms with Crippen LogP contribution in [0.4, 0.5) is 0 Å². The number of nitrogens with zero attached hydrogens (tertiary/aromatic N) is 4. The van der Waals surface area contributed by atoms with Crippen molar-refractivity contribution in [2.75, 3.05) is 7.11 Å². The number of ether oxygens (including phenoxy) is 1. The molecular weight excluding hydrogens is 506 g/mol. The summed E-state index contributed by atoms with van der Waals surface area (Å²) in [5, 5.41) is 0. The van der Waals surface area contributed by atoms with Crippen LogP contribution in [0.1, 0.15) is 77.2 Å².